The van der Waals surface area contributed by atoms with Crippen LogP contribution in [0.25, 0.3) is 6.08 Å². The molecule has 1 aromatic rings. The van der Waals surface area contributed by atoms with Crippen LogP contribution in [0.3, 0.4) is 0 Å². The molecule has 5 heteroatoms. The minimum atomic E-state index is 0.611. The van der Waals surface area contributed by atoms with E-state index >= 15 is 0 Å². The van der Waals surface area contributed by atoms with Gasteiger partial charge in [0.05, 0.1) is 52.9 Å². The van der Waals surface area contributed by atoms with Gasteiger partial charge in [0.2, 0.25) is 0 Å². The molecular weight excluding hydrogens is 306 g/mol. The molecular formula is C19H29NO4. The standard InChI is InChI=1S/C19H29NO4/c1-2-5-19(6-3-1)7-4-8-20-9-11-21-13-15-23-17-18-24-16-14-22-12-10-20/h1-7H,8-18H2/b7-4+. The van der Waals surface area contributed by atoms with E-state index in [1.54, 1.807) is 0 Å². The van der Waals surface area contributed by atoms with Crippen LogP contribution >= 0.6 is 0 Å². The third-order valence-corrected chi connectivity index (χ3v) is 3.69. The number of hydrogen-bond acceptors (Lipinski definition) is 5. The van der Waals surface area contributed by atoms with Gasteiger partial charge in [-0.25, -0.2) is 0 Å². The van der Waals surface area contributed by atoms with E-state index in [1.807, 2.05) is 6.07 Å². The van der Waals surface area contributed by atoms with E-state index in [2.05, 4.69) is 41.3 Å². The summed E-state index contributed by atoms with van der Waals surface area (Å²) in [6, 6.07) is 10.3. The average Bonchev–Trinajstić information content (AvgIpc) is 2.62. The van der Waals surface area contributed by atoms with Gasteiger partial charge in [0.1, 0.15) is 0 Å². The lowest BCUT2D eigenvalue weighted by Crippen LogP contribution is -2.31. The van der Waals surface area contributed by atoms with Gasteiger partial charge in [0.15, 0.2) is 0 Å². The van der Waals surface area contributed by atoms with E-state index in [4.69, 9.17) is 18.9 Å². The maximum atomic E-state index is 5.63. The molecule has 1 aliphatic heterocycles. The second-order valence-electron chi connectivity index (χ2n) is 5.56. The first-order valence-corrected chi connectivity index (χ1v) is 8.70. The lowest BCUT2D eigenvalue weighted by molar-refractivity contribution is 0.00206. The summed E-state index contributed by atoms with van der Waals surface area (Å²) in [5.74, 6) is 0. The van der Waals surface area contributed by atoms with Crippen molar-refractivity contribution in [3.63, 3.8) is 0 Å². The Morgan fingerprint density at radius 1 is 0.708 bits per heavy atom. The topological polar surface area (TPSA) is 40.2 Å². The lowest BCUT2D eigenvalue weighted by Gasteiger charge is -2.20. The number of rotatable bonds is 3. The number of hydrogen-bond donors (Lipinski definition) is 0. The van der Waals surface area contributed by atoms with Crippen molar-refractivity contribution in [3.05, 3.63) is 42.0 Å². The molecule has 1 saturated heterocycles. The highest BCUT2D eigenvalue weighted by Gasteiger charge is 2.04. The predicted octanol–water partition coefficient (Wildman–Crippen LogP) is 2.08. The van der Waals surface area contributed by atoms with Crippen LogP contribution in [-0.2, 0) is 18.9 Å². The predicted molar refractivity (Wildman–Crippen MR) is 95.2 cm³/mol. The zero-order valence-electron chi connectivity index (χ0n) is 14.4. The Morgan fingerprint density at radius 3 is 1.75 bits per heavy atom. The van der Waals surface area contributed by atoms with Gasteiger partial charge in [-0.05, 0) is 5.56 Å². The van der Waals surface area contributed by atoms with Gasteiger partial charge in [0.25, 0.3) is 0 Å². The summed E-state index contributed by atoms with van der Waals surface area (Å²) in [5, 5.41) is 0. The molecule has 0 saturated carbocycles. The van der Waals surface area contributed by atoms with Crippen LogP contribution in [-0.4, -0.2) is 77.4 Å². The normalized spacial score (nSPS) is 20.5. The minimum absolute atomic E-state index is 0.611. The second-order valence-corrected chi connectivity index (χ2v) is 5.56. The van der Waals surface area contributed by atoms with Crippen molar-refractivity contribution in [1.29, 1.82) is 0 Å². The van der Waals surface area contributed by atoms with Gasteiger partial charge in [-0.3, -0.25) is 4.90 Å². The third kappa shape index (κ3) is 9.15. The first kappa shape index (κ1) is 19.1. The average molecular weight is 335 g/mol. The number of benzene rings is 1. The Kier molecular flexibility index (Phi) is 10.4. The van der Waals surface area contributed by atoms with Crippen molar-refractivity contribution in [2.45, 2.75) is 0 Å². The summed E-state index contributed by atoms with van der Waals surface area (Å²) in [6.07, 6.45) is 4.34. The molecule has 0 aromatic heterocycles. The summed E-state index contributed by atoms with van der Waals surface area (Å²) in [5.41, 5.74) is 1.22. The monoisotopic (exact) mass is 335 g/mol. The van der Waals surface area contributed by atoms with Gasteiger partial charge in [-0.2, -0.15) is 0 Å². The smallest absolute Gasteiger partial charge is 0.0701 e. The van der Waals surface area contributed by atoms with Crippen LogP contribution in [0.15, 0.2) is 36.4 Å². The van der Waals surface area contributed by atoms with Crippen molar-refractivity contribution >= 4 is 6.08 Å². The third-order valence-electron chi connectivity index (χ3n) is 3.69. The highest BCUT2D eigenvalue weighted by molar-refractivity contribution is 5.48. The molecule has 5 nitrogen and oxygen atoms in total. The van der Waals surface area contributed by atoms with Crippen LogP contribution in [0.1, 0.15) is 5.56 Å². The quantitative estimate of drug-likeness (QED) is 0.846. The molecule has 0 atom stereocenters. The number of ether oxygens (including phenoxy) is 4. The Labute approximate surface area is 145 Å². The fourth-order valence-corrected chi connectivity index (χ4v) is 2.35. The summed E-state index contributed by atoms with van der Waals surface area (Å²) in [6.45, 7) is 7.79. The molecule has 1 fully saturated rings. The van der Waals surface area contributed by atoms with Gasteiger partial charge < -0.3 is 18.9 Å². The first-order valence-electron chi connectivity index (χ1n) is 8.70. The van der Waals surface area contributed by atoms with Gasteiger partial charge in [-0.15, -0.1) is 0 Å². The SMILES string of the molecule is C(=C\c1ccccc1)/CN1CCOCCOCCOCCOCC1. The fourth-order valence-electron chi connectivity index (χ4n) is 2.35. The van der Waals surface area contributed by atoms with E-state index in [0.29, 0.717) is 52.9 Å². The summed E-state index contributed by atoms with van der Waals surface area (Å²) in [4.78, 5) is 2.33. The van der Waals surface area contributed by atoms with Crippen molar-refractivity contribution in [2.75, 3.05) is 72.5 Å². The molecule has 1 aromatic carbocycles. The maximum absolute atomic E-state index is 5.63. The van der Waals surface area contributed by atoms with E-state index in [9.17, 15) is 0 Å². The van der Waals surface area contributed by atoms with E-state index in [0.717, 1.165) is 19.6 Å². The molecule has 0 aliphatic carbocycles. The molecule has 2 rings (SSSR count). The summed E-state index contributed by atoms with van der Waals surface area (Å²) >= 11 is 0. The molecule has 0 radical (unpaired) electrons. The van der Waals surface area contributed by atoms with E-state index in [-0.39, 0.29) is 0 Å². The van der Waals surface area contributed by atoms with Gasteiger partial charge in [-0.1, -0.05) is 42.5 Å². The van der Waals surface area contributed by atoms with Crippen molar-refractivity contribution in [1.82, 2.24) is 4.90 Å². The Bertz CT molecular complexity index is 422. The van der Waals surface area contributed by atoms with Crippen molar-refractivity contribution in [2.24, 2.45) is 0 Å². The molecule has 0 bridgehead atoms. The van der Waals surface area contributed by atoms with Crippen molar-refractivity contribution in [3.8, 4) is 0 Å². The fraction of sp³-hybridized carbons (Fsp3) is 0.579. The van der Waals surface area contributed by atoms with Gasteiger partial charge >= 0.3 is 0 Å². The molecule has 1 heterocycles. The molecule has 1 aliphatic rings. The second kappa shape index (κ2) is 13.1. The van der Waals surface area contributed by atoms with E-state index < -0.39 is 0 Å². The molecule has 0 N–H and O–H groups in total. The highest BCUT2D eigenvalue weighted by Crippen LogP contribution is 2.01. The summed E-state index contributed by atoms with van der Waals surface area (Å²) in [7, 11) is 0. The molecule has 24 heavy (non-hydrogen) atoms. The van der Waals surface area contributed by atoms with Crippen LogP contribution in [0, 0.1) is 0 Å². The molecule has 0 amide bonds. The Hall–Kier alpha value is -1.24. The number of nitrogens with zero attached hydrogens (tertiary/aromatic N) is 1. The molecule has 134 valence electrons. The molecule has 0 spiro atoms. The van der Waals surface area contributed by atoms with Crippen LogP contribution in [0.5, 0.6) is 0 Å². The Morgan fingerprint density at radius 2 is 1.21 bits per heavy atom. The maximum Gasteiger partial charge on any atom is 0.0701 e. The zero-order valence-corrected chi connectivity index (χ0v) is 14.4. The Balaban J connectivity index is 1.75. The summed E-state index contributed by atoms with van der Waals surface area (Å²) < 4.78 is 22.1. The lowest BCUT2D eigenvalue weighted by atomic mass is 10.2. The van der Waals surface area contributed by atoms with E-state index in [1.165, 1.54) is 5.56 Å². The van der Waals surface area contributed by atoms with Crippen molar-refractivity contribution < 1.29 is 18.9 Å². The van der Waals surface area contributed by atoms with Crippen LogP contribution in [0.2, 0.25) is 0 Å². The van der Waals surface area contributed by atoms with Crippen LogP contribution < -0.4 is 0 Å². The first-order chi connectivity index (χ1) is 11.9. The molecule has 0 unspecified atom stereocenters. The van der Waals surface area contributed by atoms with Crippen LogP contribution in [0.4, 0.5) is 0 Å². The highest BCUT2D eigenvalue weighted by atomic mass is 16.6. The minimum Gasteiger partial charge on any atom is -0.378 e. The van der Waals surface area contributed by atoms with Gasteiger partial charge in [0, 0.05) is 19.6 Å². The largest absolute Gasteiger partial charge is 0.378 e. The zero-order chi connectivity index (χ0) is 16.7.